The zero-order valence-electron chi connectivity index (χ0n) is 16.1. The fourth-order valence-corrected chi connectivity index (χ4v) is 4.99. The van der Waals surface area contributed by atoms with E-state index < -0.39 is 10.0 Å². The van der Waals surface area contributed by atoms with Crippen LogP contribution in [0.4, 0.5) is 5.69 Å². The van der Waals surface area contributed by atoms with Crippen LogP contribution < -0.4 is 14.8 Å². The van der Waals surface area contributed by atoms with Gasteiger partial charge in [-0.15, -0.1) is 0 Å². The summed E-state index contributed by atoms with van der Waals surface area (Å²) < 4.78 is 38.2. The van der Waals surface area contributed by atoms with Crippen molar-refractivity contribution >= 4 is 21.6 Å². The molecular formula is C21H24N2O5S. The first-order chi connectivity index (χ1) is 14.0. The van der Waals surface area contributed by atoms with Crippen molar-refractivity contribution in [3.05, 3.63) is 48.0 Å². The number of nitrogens with one attached hydrogen (secondary N) is 1. The first-order valence-corrected chi connectivity index (χ1v) is 11.3. The van der Waals surface area contributed by atoms with Gasteiger partial charge in [0, 0.05) is 36.8 Å². The predicted molar refractivity (Wildman–Crippen MR) is 109 cm³/mol. The maximum atomic E-state index is 12.7. The SMILES string of the molecule is O=C(Nc1ccc2c(c1)OCCCO2)c1ccc(S(=O)(=O)N2CCCCC2)cc1. The van der Waals surface area contributed by atoms with Gasteiger partial charge in [0.15, 0.2) is 11.5 Å². The number of carbonyl (C=O) groups is 1. The molecule has 1 saturated heterocycles. The molecule has 29 heavy (non-hydrogen) atoms. The van der Waals surface area contributed by atoms with Crippen LogP contribution in [-0.4, -0.2) is 44.9 Å². The summed E-state index contributed by atoms with van der Waals surface area (Å²) in [6.45, 7) is 2.27. The topological polar surface area (TPSA) is 84.9 Å². The van der Waals surface area contributed by atoms with Crippen molar-refractivity contribution in [3.63, 3.8) is 0 Å². The van der Waals surface area contributed by atoms with E-state index in [1.807, 2.05) is 0 Å². The number of hydrogen-bond acceptors (Lipinski definition) is 5. The second kappa shape index (κ2) is 8.42. The third-order valence-electron chi connectivity index (χ3n) is 5.07. The number of hydrogen-bond donors (Lipinski definition) is 1. The molecule has 154 valence electrons. The fourth-order valence-electron chi connectivity index (χ4n) is 3.48. The van der Waals surface area contributed by atoms with E-state index in [2.05, 4.69) is 5.32 Å². The Kier molecular flexibility index (Phi) is 5.73. The first-order valence-electron chi connectivity index (χ1n) is 9.85. The average molecular weight is 416 g/mol. The number of piperidine rings is 1. The number of carbonyl (C=O) groups excluding carboxylic acids is 1. The van der Waals surface area contributed by atoms with Crippen LogP contribution in [0.3, 0.4) is 0 Å². The minimum atomic E-state index is -3.51. The monoisotopic (exact) mass is 416 g/mol. The van der Waals surface area contributed by atoms with E-state index in [4.69, 9.17) is 9.47 Å². The van der Waals surface area contributed by atoms with Crippen LogP contribution in [0.2, 0.25) is 0 Å². The summed E-state index contributed by atoms with van der Waals surface area (Å²) in [5.74, 6) is 0.942. The third kappa shape index (κ3) is 4.38. The number of amides is 1. The Hall–Kier alpha value is -2.58. The molecule has 2 heterocycles. The highest BCUT2D eigenvalue weighted by atomic mass is 32.2. The molecule has 2 aromatic rings. The van der Waals surface area contributed by atoms with Crippen LogP contribution in [-0.2, 0) is 10.0 Å². The van der Waals surface area contributed by atoms with Gasteiger partial charge in [-0.3, -0.25) is 4.79 Å². The van der Waals surface area contributed by atoms with Crippen LogP contribution in [0, 0.1) is 0 Å². The van der Waals surface area contributed by atoms with Gasteiger partial charge in [-0.25, -0.2) is 8.42 Å². The van der Waals surface area contributed by atoms with Gasteiger partial charge in [0.05, 0.1) is 18.1 Å². The number of rotatable bonds is 4. The standard InChI is InChI=1S/C21H24N2O5S/c24-21(22-17-7-10-19-20(15-17)28-14-4-13-27-19)16-5-8-18(9-6-16)29(25,26)23-11-2-1-3-12-23/h5-10,15H,1-4,11-14H2,(H,22,24). The predicted octanol–water partition coefficient (Wildman–Crippen LogP) is 3.27. The molecule has 0 bridgehead atoms. The summed E-state index contributed by atoms with van der Waals surface area (Å²) in [4.78, 5) is 12.8. The van der Waals surface area contributed by atoms with E-state index in [1.165, 1.54) is 28.6 Å². The molecule has 0 aromatic heterocycles. The lowest BCUT2D eigenvalue weighted by Crippen LogP contribution is -2.35. The van der Waals surface area contributed by atoms with Gasteiger partial charge in [0.25, 0.3) is 5.91 Å². The van der Waals surface area contributed by atoms with Crippen LogP contribution in [0.25, 0.3) is 0 Å². The molecule has 8 heteroatoms. The van der Waals surface area contributed by atoms with Crippen molar-refractivity contribution in [2.45, 2.75) is 30.6 Å². The van der Waals surface area contributed by atoms with Gasteiger partial charge in [-0.1, -0.05) is 6.42 Å². The van der Waals surface area contributed by atoms with Crippen LogP contribution in [0.15, 0.2) is 47.4 Å². The highest BCUT2D eigenvalue weighted by Gasteiger charge is 2.26. The van der Waals surface area contributed by atoms with Crippen LogP contribution in [0.5, 0.6) is 11.5 Å². The number of benzene rings is 2. The Labute approximate surface area is 170 Å². The molecule has 0 saturated carbocycles. The lowest BCUT2D eigenvalue weighted by Gasteiger charge is -2.25. The van der Waals surface area contributed by atoms with E-state index in [9.17, 15) is 13.2 Å². The van der Waals surface area contributed by atoms with Crippen molar-refractivity contribution in [2.24, 2.45) is 0 Å². The molecule has 1 N–H and O–H groups in total. The summed E-state index contributed by atoms with van der Waals surface area (Å²) in [5, 5.41) is 2.82. The Balaban J connectivity index is 1.46. The zero-order valence-corrected chi connectivity index (χ0v) is 16.9. The van der Waals surface area contributed by atoms with Gasteiger partial charge in [0.1, 0.15) is 0 Å². The van der Waals surface area contributed by atoms with Crippen LogP contribution in [0.1, 0.15) is 36.0 Å². The van der Waals surface area contributed by atoms with Gasteiger partial charge in [-0.2, -0.15) is 4.31 Å². The first kappa shape index (κ1) is 19.7. The number of fused-ring (bicyclic) bond motifs is 1. The molecule has 1 fully saturated rings. The summed E-state index contributed by atoms with van der Waals surface area (Å²) >= 11 is 0. The summed E-state index contributed by atoms with van der Waals surface area (Å²) in [6, 6.07) is 11.3. The highest BCUT2D eigenvalue weighted by Crippen LogP contribution is 2.32. The Morgan fingerprint density at radius 2 is 1.55 bits per heavy atom. The number of sulfonamides is 1. The lowest BCUT2D eigenvalue weighted by atomic mass is 10.2. The minimum absolute atomic E-state index is 0.214. The van der Waals surface area contributed by atoms with Gasteiger partial charge >= 0.3 is 0 Å². The lowest BCUT2D eigenvalue weighted by molar-refractivity contribution is 0.102. The minimum Gasteiger partial charge on any atom is -0.490 e. The van der Waals surface area contributed by atoms with Crippen molar-refractivity contribution in [1.82, 2.24) is 4.31 Å². The van der Waals surface area contributed by atoms with Crippen molar-refractivity contribution in [1.29, 1.82) is 0 Å². The van der Waals surface area contributed by atoms with E-state index in [1.54, 1.807) is 18.2 Å². The number of anilines is 1. The highest BCUT2D eigenvalue weighted by molar-refractivity contribution is 7.89. The number of nitrogens with zero attached hydrogens (tertiary/aromatic N) is 1. The molecule has 0 unspecified atom stereocenters. The fraction of sp³-hybridized carbons (Fsp3) is 0.381. The molecule has 0 atom stereocenters. The van der Waals surface area contributed by atoms with Crippen molar-refractivity contribution in [2.75, 3.05) is 31.6 Å². The largest absolute Gasteiger partial charge is 0.490 e. The normalized spacial score (nSPS) is 17.4. The smallest absolute Gasteiger partial charge is 0.255 e. The Morgan fingerprint density at radius 3 is 2.28 bits per heavy atom. The molecule has 0 spiro atoms. The molecule has 0 radical (unpaired) electrons. The second-order valence-electron chi connectivity index (χ2n) is 7.16. The summed E-state index contributed by atoms with van der Waals surface area (Å²) in [7, 11) is -3.51. The van der Waals surface area contributed by atoms with E-state index >= 15 is 0 Å². The van der Waals surface area contributed by atoms with Crippen LogP contribution >= 0.6 is 0 Å². The summed E-state index contributed by atoms with van der Waals surface area (Å²) in [5.41, 5.74) is 0.971. The molecule has 1 amide bonds. The molecule has 2 aliphatic rings. The molecule has 0 aliphatic carbocycles. The van der Waals surface area contributed by atoms with Gasteiger partial charge < -0.3 is 14.8 Å². The Bertz CT molecular complexity index is 983. The van der Waals surface area contributed by atoms with Crippen molar-refractivity contribution in [3.8, 4) is 11.5 Å². The zero-order chi connectivity index (χ0) is 20.3. The van der Waals surface area contributed by atoms with E-state index in [-0.39, 0.29) is 10.8 Å². The van der Waals surface area contributed by atoms with E-state index in [0.717, 1.165) is 25.7 Å². The van der Waals surface area contributed by atoms with Gasteiger partial charge in [0.2, 0.25) is 10.0 Å². The molecule has 2 aromatic carbocycles. The average Bonchev–Trinajstić information content (AvgIpc) is 2.99. The van der Waals surface area contributed by atoms with Crippen molar-refractivity contribution < 1.29 is 22.7 Å². The second-order valence-corrected chi connectivity index (χ2v) is 9.09. The third-order valence-corrected chi connectivity index (χ3v) is 6.99. The molecule has 4 rings (SSSR count). The molecular weight excluding hydrogens is 392 g/mol. The number of ether oxygens (including phenoxy) is 2. The van der Waals surface area contributed by atoms with Gasteiger partial charge in [-0.05, 0) is 49.2 Å². The summed E-state index contributed by atoms with van der Waals surface area (Å²) in [6.07, 6.45) is 3.64. The maximum Gasteiger partial charge on any atom is 0.255 e. The Morgan fingerprint density at radius 1 is 0.862 bits per heavy atom. The molecule has 2 aliphatic heterocycles. The van der Waals surface area contributed by atoms with E-state index in [0.29, 0.717) is 49.1 Å². The quantitative estimate of drug-likeness (QED) is 0.827. The maximum absolute atomic E-state index is 12.7. The molecule has 7 nitrogen and oxygen atoms in total.